The number of carbonyl (C=O) groups excluding carboxylic acids is 1. The number of halogens is 2. The van der Waals surface area contributed by atoms with Crippen molar-refractivity contribution in [1.82, 2.24) is 20.2 Å². The third-order valence-corrected chi connectivity index (χ3v) is 7.13. The van der Waals surface area contributed by atoms with Crippen LogP contribution in [0.3, 0.4) is 0 Å². The Morgan fingerprint density at radius 2 is 1.94 bits per heavy atom. The highest BCUT2D eigenvalue weighted by molar-refractivity contribution is 5.93. The molecule has 2 aromatic heterocycles. The van der Waals surface area contributed by atoms with Crippen LogP contribution < -0.4 is 5.32 Å². The summed E-state index contributed by atoms with van der Waals surface area (Å²) in [5, 5.41) is 15.1. The van der Waals surface area contributed by atoms with Crippen molar-refractivity contribution in [2.75, 3.05) is 20.1 Å². The Bertz CT molecular complexity index is 1170. The van der Waals surface area contributed by atoms with Crippen LogP contribution in [0.25, 0.3) is 22.2 Å². The van der Waals surface area contributed by atoms with Crippen LogP contribution in [0.2, 0.25) is 0 Å². The molecule has 0 saturated carbocycles. The van der Waals surface area contributed by atoms with Gasteiger partial charge in [-0.05, 0) is 49.7 Å². The number of aromatic amines is 1. The van der Waals surface area contributed by atoms with Crippen molar-refractivity contribution >= 4 is 16.9 Å². The van der Waals surface area contributed by atoms with Crippen LogP contribution in [0.15, 0.2) is 30.6 Å². The Kier molecular flexibility index (Phi) is 6.01. The first kappa shape index (κ1) is 23.3. The predicted molar refractivity (Wildman–Crippen MR) is 124 cm³/mol. The topological polar surface area (TPSA) is 81.2 Å². The molecule has 1 unspecified atom stereocenters. The van der Waals surface area contributed by atoms with Crippen LogP contribution in [0, 0.1) is 30.4 Å². The SMILES string of the molecule is CN[C@@H](C)C(=O)N1C[C@@H](C)C(O)(c2c(C)cc(-c3ccnc4[nH]cc(F)c34)cc2F)[C@@H](C)C1. The van der Waals surface area contributed by atoms with Gasteiger partial charge in [-0.2, -0.15) is 0 Å². The number of hydrogen-bond acceptors (Lipinski definition) is 4. The van der Waals surface area contributed by atoms with E-state index in [2.05, 4.69) is 15.3 Å². The van der Waals surface area contributed by atoms with Gasteiger partial charge in [0, 0.05) is 42.9 Å². The average molecular weight is 457 g/mol. The highest BCUT2D eigenvalue weighted by Crippen LogP contribution is 2.45. The fourth-order valence-corrected chi connectivity index (χ4v) is 5.23. The van der Waals surface area contributed by atoms with Crippen LogP contribution in [0.4, 0.5) is 8.78 Å². The molecule has 8 heteroatoms. The number of benzene rings is 1. The molecule has 3 heterocycles. The van der Waals surface area contributed by atoms with Gasteiger partial charge in [-0.25, -0.2) is 13.8 Å². The Balaban J connectivity index is 1.74. The van der Waals surface area contributed by atoms with Gasteiger partial charge < -0.3 is 20.3 Å². The number of amides is 1. The summed E-state index contributed by atoms with van der Waals surface area (Å²) in [5.41, 5.74) is 0.802. The quantitative estimate of drug-likeness (QED) is 0.559. The summed E-state index contributed by atoms with van der Waals surface area (Å²) in [6.07, 6.45) is 2.78. The van der Waals surface area contributed by atoms with E-state index in [0.717, 1.165) is 0 Å². The van der Waals surface area contributed by atoms with Crippen molar-refractivity contribution in [3.8, 4) is 11.1 Å². The van der Waals surface area contributed by atoms with Crippen LogP contribution >= 0.6 is 0 Å². The minimum absolute atomic E-state index is 0.0407. The highest BCUT2D eigenvalue weighted by Gasteiger charge is 2.49. The summed E-state index contributed by atoms with van der Waals surface area (Å²) >= 11 is 0. The third-order valence-electron chi connectivity index (χ3n) is 7.13. The number of likely N-dealkylation sites (N-methyl/N-ethyl adjacent to an activating group) is 1. The van der Waals surface area contributed by atoms with Gasteiger partial charge >= 0.3 is 0 Å². The van der Waals surface area contributed by atoms with E-state index < -0.39 is 17.2 Å². The molecule has 0 radical (unpaired) electrons. The molecule has 0 aliphatic carbocycles. The largest absolute Gasteiger partial charge is 0.384 e. The molecular formula is C25H30F2N4O2. The Hall–Kier alpha value is -2.84. The van der Waals surface area contributed by atoms with Gasteiger partial charge in [0.2, 0.25) is 5.91 Å². The lowest BCUT2D eigenvalue weighted by Gasteiger charge is -2.49. The van der Waals surface area contributed by atoms with Crippen molar-refractivity contribution in [2.24, 2.45) is 11.8 Å². The second-order valence-electron chi connectivity index (χ2n) is 9.25. The van der Waals surface area contributed by atoms with E-state index >= 15 is 4.39 Å². The second kappa shape index (κ2) is 8.50. The molecule has 33 heavy (non-hydrogen) atoms. The maximum Gasteiger partial charge on any atom is 0.239 e. The number of hydrogen-bond donors (Lipinski definition) is 3. The molecular weight excluding hydrogens is 426 g/mol. The minimum atomic E-state index is -1.45. The van der Waals surface area contributed by atoms with Crippen LogP contribution in [-0.2, 0) is 10.4 Å². The first-order valence-electron chi connectivity index (χ1n) is 11.2. The molecule has 1 aromatic carbocycles. The monoisotopic (exact) mass is 456 g/mol. The van der Waals surface area contributed by atoms with Crippen LogP contribution in [0.1, 0.15) is 31.9 Å². The van der Waals surface area contributed by atoms with E-state index in [1.165, 1.54) is 12.3 Å². The Morgan fingerprint density at radius 3 is 2.55 bits per heavy atom. The minimum Gasteiger partial charge on any atom is -0.384 e. The Morgan fingerprint density at radius 1 is 1.27 bits per heavy atom. The first-order chi connectivity index (χ1) is 15.6. The summed E-state index contributed by atoms with van der Waals surface area (Å²) in [6, 6.07) is 4.44. The van der Waals surface area contributed by atoms with E-state index in [1.54, 1.807) is 44.1 Å². The van der Waals surface area contributed by atoms with Crippen molar-refractivity contribution in [3.63, 3.8) is 0 Å². The summed E-state index contributed by atoms with van der Waals surface area (Å²) in [4.78, 5) is 21.3. The number of H-pyrrole nitrogens is 1. The van der Waals surface area contributed by atoms with Gasteiger partial charge in [0.05, 0.1) is 11.4 Å². The van der Waals surface area contributed by atoms with Crippen molar-refractivity contribution in [1.29, 1.82) is 0 Å². The van der Waals surface area contributed by atoms with Gasteiger partial charge in [-0.3, -0.25) is 4.79 Å². The molecule has 176 valence electrons. The smallest absolute Gasteiger partial charge is 0.239 e. The maximum absolute atomic E-state index is 15.7. The molecule has 1 amide bonds. The van der Waals surface area contributed by atoms with Crippen molar-refractivity contribution in [2.45, 2.75) is 39.3 Å². The average Bonchev–Trinajstić information content (AvgIpc) is 3.16. The van der Waals surface area contributed by atoms with E-state index in [1.807, 2.05) is 13.8 Å². The fourth-order valence-electron chi connectivity index (χ4n) is 5.23. The van der Waals surface area contributed by atoms with E-state index in [4.69, 9.17) is 0 Å². The lowest BCUT2D eigenvalue weighted by molar-refractivity contribution is -0.150. The molecule has 3 aromatic rings. The normalized spacial score (nSPS) is 24.3. The number of fused-ring (bicyclic) bond motifs is 1. The lowest BCUT2D eigenvalue weighted by atomic mass is 9.69. The zero-order valence-corrected chi connectivity index (χ0v) is 19.5. The van der Waals surface area contributed by atoms with Crippen molar-refractivity contribution < 1.29 is 18.7 Å². The first-order valence-corrected chi connectivity index (χ1v) is 11.2. The summed E-state index contributed by atoms with van der Waals surface area (Å²) < 4.78 is 30.0. The Labute approximate surface area is 192 Å². The highest BCUT2D eigenvalue weighted by atomic mass is 19.1. The van der Waals surface area contributed by atoms with Gasteiger partial charge in [0.25, 0.3) is 0 Å². The van der Waals surface area contributed by atoms with E-state index in [-0.39, 0.29) is 29.3 Å². The molecule has 0 bridgehead atoms. The number of likely N-dealkylation sites (tertiary alicyclic amines) is 1. The molecule has 0 spiro atoms. The number of aliphatic hydroxyl groups is 1. The standard InChI is InChI=1S/C25H30F2N4O2/c1-13-8-17(18-6-7-29-23-21(18)20(27)10-30-23)9-19(26)22(13)25(33)14(2)11-31(12-15(25)3)24(32)16(4)28-5/h6-10,14-16,28,33H,11-12H2,1-5H3,(H,29,30)/t14-,15+,16-,25?/m0/s1. The maximum atomic E-state index is 15.7. The second-order valence-corrected chi connectivity index (χ2v) is 9.25. The summed E-state index contributed by atoms with van der Waals surface area (Å²) in [5.74, 6) is -1.81. The van der Waals surface area contributed by atoms with Crippen LogP contribution in [-0.4, -0.2) is 52.1 Å². The number of rotatable bonds is 4. The molecule has 4 rings (SSSR count). The molecule has 1 fully saturated rings. The molecule has 1 aliphatic rings. The third kappa shape index (κ3) is 3.71. The zero-order valence-electron chi connectivity index (χ0n) is 19.5. The van der Waals surface area contributed by atoms with Gasteiger partial charge in [-0.1, -0.05) is 19.9 Å². The molecule has 6 nitrogen and oxygen atoms in total. The van der Waals surface area contributed by atoms with Crippen LogP contribution in [0.5, 0.6) is 0 Å². The number of nitrogens with one attached hydrogen (secondary N) is 2. The summed E-state index contributed by atoms with van der Waals surface area (Å²) in [7, 11) is 1.73. The molecule has 1 saturated heterocycles. The number of aromatic nitrogens is 2. The van der Waals surface area contributed by atoms with Gasteiger partial charge in [0.1, 0.15) is 17.1 Å². The summed E-state index contributed by atoms with van der Waals surface area (Å²) in [6.45, 7) is 7.89. The van der Waals surface area contributed by atoms with Crippen molar-refractivity contribution in [3.05, 3.63) is 53.4 Å². The van der Waals surface area contributed by atoms with E-state index in [9.17, 15) is 14.3 Å². The zero-order chi connectivity index (χ0) is 24.1. The van der Waals surface area contributed by atoms with Gasteiger partial charge in [-0.15, -0.1) is 0 Å². The number of pyridine rings is 1. The molecule has 3 N–H and O–H groups in total. The predicted octanol–water partition coefficient (Wildman–Crippen LogP) is 3.73. The molecule has 1 aliphatic heterocycles. The van der Waals surface area contributed by atoms with E-state index in [0.29, 0.717) is 40.8 Å². The van der Waals surface area contributed by atoms with Gasteiger partial charge in [0.15, 0.2) is 5.82 Å². The number of nitrogens with zero attached hydrogens (tertiary/aromatic N) is 2. The lowest BCUT2D eigenvalue weighted by Crippen LogP contribution is -2.58. The fraction of sp³-hybridized carbons (Fsp3) is 0.440. The number of aryl methyl sites for hydroxylation is 1. The number of piperidine rings is 1. The molecule has 4 atom stereocenters. The number of carbonyl (C=O) groups is 1.